The summed E-state index contributed by atoms with van der Waals surface area (Å²) < 4.78 is 5.50. The maximum Gasteiger partial charge on any atom is 0.228 e. The summed E-state index contributed by atoms with van der Waals surface area (Å²) in [6.07, 6.45) is 5.44. The number of carbonyl (C=O) groups is 1. The van der Waals surface area contributed by atoms with Gasteiger partial charge in [-0.3, -0.25) is 4.79 Å². The summed E-state index contributed by atoms with van der Waals surface area (Å²) in [7, 11) is 0. The number of carbonyl (C=O) groups excluding carboxylic acids is 1. The van der Waals surface area contributed by atoms with Crippen molar-refractivity contribution >= 4 is 17.5 Å². The molecule has 0 spiro atoms. The molecule has 2 unspecified atom stereocenters. The second-order valence-corrected chi connectivity index (χ2v) is 5.51. The minimum absolute atomic E-state index is 0.0749. The van der Waals surface area contributed by atoms with Crippen LogP contribution in [0.2, 0.25) is 0 Å². The lowest BCUT2D eigenvalue weighted by molar-refractivity contribution is -0.141. The highest BCUT2D eigenvalue weighted by molar-refractivity contribution is 6.17. The van der Waals surface area contributed by atoms with Crippen molar-refractivity contribution in [2.24, 2.45) is 5.92 Å². The van der Waals surface area contributed by atoms with Gasteiger partial charge in [0.25, 0.3) is 0 Å². The van der Waals surface area contributed by atoms with Crippen LogP contribution in [0.4, 0.5) is 0 Å². The number of amides is 1. The van der Waals surface area contributed by atoms with Gasteiger partial charge in [-0.05, 0) is 39.0 Å². The molecule has 0 bridgehead atoms. The first-order valence-corrected chi connectivity index (χ1v) is 7.25. The molecular formula is C13H22ClNO2. The van der Waals surface area contributed by atoms with E-state index in [1.54, 1.807) is 0 Å². The van der Waals surface area contributed by atoms with Gasteiger partial charge in [-0.1, -0.05) is 0 Å². The molecule has 1 aliphatic heterocycles. The van der Waals surface area contributed by atoms with Crippen LogP contribution in [-0.4, -0.2) is 42.0 Å². The van der Waals surface area contributed by atoms with E-state index in [4.69, 9.17) is 16.3 Å². The van der Waals surface area contributed by atoms with Gasteiger partial charge in [0.1, 0.15) is 0 Å². The summed E-state index contributed by atoms with van der Waals surface area (Å²) in [6, 6.07) is 0.471. The number of rotatable bonds is 5. The number of alkyl halides is 1. The van der Waals surface area contributed by atoms with Crippen LogP contribution in [0.5, 0.6) is 0 Å². The minimum Gasteiger partial charge on any atom is -0.378 e. The molecule has 2 aliphatic rings. The summed E-state index contributed by atoms with van der Waals surface area (Å²) in [5.74, 6) is 1.00. The molecule has 98 valence electrons. The molecule has 0 N–H and O–H groups in total. The molecule has 1 amide bonds. The molecule has 0 radical (unpaired) electrons. The highest BCUT2D eigenvalue weighted by atomic mass is 35.5. The van der Waals surface area contributed by atoms with E-state index in [9.17, 15) is 4.79 Å². The molecule has 1 aliphatic carbocycles. The number of ether oxygens (including phenoxy) is 1. The average Bonchev–Trinajstić information content (AvgIpc) is 2.67. The molecule has 1 saturated carbocycles. The van der Waals surface area contributed by atoms with Gasteiger partial charge in [-0.25, -0.2) is 0 Å². The third-order valence-corrected chi connectivity index (χ3v) is 4.29. The third kappa shape index (κ3) is 2.94. The molecule has 2 fully saturated rings. The van der Waals surface area contributed by atoms with Crippen LogP contribution in [-0.2, 0) is 9.53 Å². The van der Waals surface area contributed by atoms with Gasteiger partial charge in [0.2, 0.25) is 5.91 Å². The predicted octanol–water partition coefficient (Wildman–Crippen LogP) is 2.42. The quantitative estimate of drug-likeness (QED) is 0.710. The van der Waals surface area contributed by atoms with Crippen LogP contribution in [0.1, 0.15) is 39.0 Å². The zero-order chi connectivity index (χ0) is 12.3. The molecule has 1 heterocycles. The molecule has 17 heavy (non-hydrogen) atoms. The molecule has 0 aromatic carbocycles. The van der Waals surface area contributed by atoms with Crippen LogP contribution in [0.25, 0.3) is 0 Å². The fraction of sp³-hybridized carbons (Fsp3) is 0.923. The first-order chi connectivity index (χ1) is 8.24. The van der Waals surface area contributed by atoms with Crippen LogP contribution >= 0.6 is 11.6 Å². The maximum absolute atomic E-state index is 12.5. The lowest BCUT2D eigenvalue weighted by Crippen LogP contribution is -2.48. The molecule has 0 aromatic rings. The number of nitrogens with zero attached hydrogens (tertiary/aromatic N) is 1. The smallest absolute Gasteiger partial charge is 0.228 e. The molecular weight excluding hydrogens is 238 g/mol. The van der Waals surface area contributed by atoms with Crippen LogP contribution in [0.3, 0.4) is 0 Å². The summed E-state index contributed by atoms with van der Waals surface area (Å²) >= 11 is 5.74. The summed E-state index contributed by atoms with van der Waals surface area (Å²) in [5, 5.41) is 0. The first kappa shape index (κ1) is 13.2. The largest absolute Gasteiger partial charge is 0.378 e. The Bertz CT molecular complexity index is 268. The summed E-state index contributed by atoms with van der Waals surface area (Å²) in [6.45, 7) is 3.55. The first-order valence-electron chi connectivity index (χ1n) is 6.72. The zero-order valence-electron chi connectivity index (χ0n) is 10.5. The van der Waals surface area contributed by atoms with E-state index in [1.165, 1.54) is 6.42 Å². The van der Waals surface area contributed by atoms with Crippen molar-refractivity contribution < 1.29 is 9.53 Å². The van der Waals surface area contributed by atoms with Crippen molar-refractivity contribution in [1.29, 1.82) is 0 Å². The summed E-state index contributed by atoms with van der Waals surface area (Å²) in [4.78, 5) is 14.6. The second kappa shape index (κ2) is 6.05. The van der Waals surface area contributed by atoms with Crippen molar-refractivity contribution in [3.05, 3.63) is 0 Å². The second-order valence-electron chi connectivity index (χ2n) is 5.13. The Morgan fingerprint density at radius 1 is 1.41 bits per heavy atom. The fourth-order valence-electron chi connectivity index (χ4n) is 2.67. The monoisotopic (exact) mass is 259 g/mol. The summed E-state index contributed by atoms with van der Waals surface area (Å²) in [5.41, 5.74) is 0. The molecule has 1 saturated heterocycles. The number of hydrogen-bond donors (Lipinski definition) is 0. The normalized spacial score (nSPS) is 29.1. The zero-order valence-corrected chi connectivity index (χ0v) is 11.3. The molecule has 4 heteroatoms. The minimum atomic E-state index is 0.0749. The highest BCUT2D eigenvalue weighted by Crippen LogP contribution is 2.30. The third-order valence-electron chi connectivity index (χ3n) is 4.02. The topological polar surface area (TPSA) is 29.5 Å². The van der Waals surface area contributed by atoms with E-state index < -0.39 is 0 Å². The van der Waals surface area contributed by atoms with E-state index in [2.05, 4.69) is 4.90 Å². The maximum atomic E-state index is 12.5. The van der Waals surface area contributed by atoms with Crippen molar-refractivity contribution in [2.75, 3.05) is 19.0 Å². The molecule has 3 nitrogen and oxygen atoms in total. The molecule has 2 rings (SSSR count). The van der Waals surface area contributed by atoms with Gasteiger partial charge >= 0.3 is 0 Å². The Morgan fingerprint density at radius 3 is 2.65 bits per heavy atom. The van der Waals surface area contributed by atoms with Gasteiger partial charge in [0, 0.05) is 25.1 Å². The van der Waals surface area contributed by atoms with E-state index in [0.717, 1.165) is 38.8 Å². The number of hydrogen-bond acceptors (Lipinski definition) is 2. The van der Waals surface area contributed by atoms with E-state index >= 15 is 0 Å². The molecule has 0 aromatic heterocycles. The van der Waals surface area contributed by atoms with Crippen LogP contribution in [0, 0.1) is 5.92 Å². The predicted molar refractivity (Wildman–Crippen MR) is 68.2 cm³/mol. The molecule has 2 atom stereocenters. The van der Waals surface area contributed by atoms with Crippen molar-refractivity contribution in [3.63, 3.8) is 0 Å². The van der Waals surface area contributed by atoms with Gasteiger partial charge in [0.15, 0.2) is 0 Å². The van der Waals surface area contributed by atoms with E-state index in [-0.39, 0.29) is 12.0 Å². The van der Waals surface area contributed by atoms with Crippen LogP contribution < -0.4 is 0 Å². The fourth-order valence-corrected chi connectivity index (χ4v) is 2.79. The SMILES string of the molecule is CC1OCCC1C(=O)N(CCCCl)C1CCC1. The Labute approximate surface area is 108 Å². The lowest BCUT2D eigenvalue weighted by Gasteiger charge is -2.39. The average molecular weight is 260 g/mol. The van der Waals surface area contributed by atoms with E-state index in [1.807, 2.05) is 6.92 Å². The van der Waals surface area contributed by atoms with Crippen molar-refractivity contribution in [1.82, 2.24) is 4.90 Å². The Morgan fingerprint density at radius 2 is 2.18 bits per heavy atom. The lowest BCUT2D eigenvalue weighted by atomic mass is 9.89. The Balaban J connectivity index is 1.95. The van der Waals surface area contributed by atoms with Gasteiger partial charge < -0.3 is 9.64 Å². The Kier molecular flexibility index (Phi) is 4.69. The van der Waals surface area contributed by atoms with Gasteiger partial charge in [-0.2, -0.15) is 0 Å². The Hall–Kier alpha value is -0.280. The van der Waals surface area contributed by atoms with Crippen molar-refractivity contribution in [3.8, 4) is 0 Å². The van der Waals surface area contributed by atoms with E-state index in [0.29, 0.717) is 17.8 Å². The number of halogens is 1. The van der Waals surface area contributed by atoms with Gasteiger partial charge in [0.05, 0.1) is 12.0 Å². The highest BCUT2D eigenvalue weighted by Gasteiger charge is 2.37. The van der Waals surface area contributed by atoms with Gasteiger partial charge in [-0.15, -0.1) is 11.6 Å². The van der Waals surface area contributed by atoms with Crippen molar-refractivity contribution in [2.45, 2.75) is 51.2 Å². The standard InChI is InChI=1S/C13H22ClNO2/c1-10-12(6-9-17-10)13(16)15(8-3-7-14)11-4-2-5-11/h10-12H,2-9H2,1H3. The van der Waals surface area contributed by atoms with Crippen LogP contribution in [0.15, 0.2) is 0 Å².